The molecule has 1 aliphatic heterocycles. The van der Waals surface area contributed by atoms with Gasteiger partial charge in [-0.05, 0) is 66.1 Å². The Hall–Kier alpha value is -4.99. The fourth-order valence-electron chi connectivity index (χ4n) is 5.23. The molecule has 0 saturated heterocycles. The number of fused-ring (bicyclic) bond motifs is 1. The van der Waals surface area contributed by atoms with Crippen molar-refractivity contribution in [2.45, 2.75) is 19.6 Å². The Labute approximate surface area is 273 Å². The van der Waals surface area contributed by atoms with Crippen LogP contribution in [-0.4, -0.2) is 24.3 Å². The maximum atomic E-state index is 14.1. The molecule has 0 fully saturated rings. The summed E-state index contributed by atoms with van der Waals surface area (Å²) in [5.74, 6) is -0.0190. The fraction of sp³-hybridized carbons (Fsp3) is 0.139. The summed E-state index contributed by atoms with van der Waals surface area (Å²) in [4.78, 5) is 32.9. The first-order valence-electron chi connectivity index (χ1n) is 14.5. The number of aromatic nitrogens is 1. The molecule has 46 heavy (non-hydrogen) atoms. The third-order valence-corrected chi connectivity index (χ3v) is 8.55. The lowest BCUT2D eigenvalue weighted by molar-refractivity contribution is -0.138. The molecule has 0 spiro atoms. The molecule has 1 atom stereocenters. The van der Waals surface area contributed by atoms with Gasteiger partial charge in [-0.25, -0.2) is 14.2 Å². The normalized spacial score (nSPS) is 14.4. The molecule has 2 heterocycles. The molecule has 0 aliphatic carbocycles. The number of benzene rings is 4. The highest BCUT2D eigenvalue weighted by Gasteiger charge is 2.35. The van der Waals surface area contributed by atoms with Gasteiger partial charge in [0.15, 0.2) is 16.3 Å². The van der Waals surface area contributed by atoms with Gasteiger partial charge in [0.05, 0.1) is 35.6 Å². The number of carbonyl (C=O) groups excluding carboxylic acids is 1. The third kappa shape index (κ3) is 6.38. The van der Waals surface area contributed by atoms with Gasteiger partial charge in [0.2, 0.25) is 0 Å². The maximum Gasteiger partial charge on any atom is 0.338 e. The van der Waals surface area contributed by atoms with Crippen LogP contribution in [0.3, 0.4) is 0 Å². The van der Waals surface area contributed by atoms with Crippen LogP contribution in [0.4, 0.5) is 4.39 Å². The second-order valence-corrected chi connectivity index (χ2v) is 11.8. The summed E-state index contributed by atoms with van der Waals surface area (Å²) < 4.78 is 32.9. The van der Waals surface area contributed by atoms with Crippen molar-refractivity contribution in [3.63, 3.8) is 0 Å². The molecular formula is C36H28ClFN2O5S. The van der Waals surface area contributed by atoms with E-state index in [0.717, 1.165) is 5.56 Å². The minimum Gasteiger partial charge on any atom is -0.493 e. The van der Waals surface area contributed by atoms with Crippen LogP contribution in [0.25, 0.3) is 11.8 Å². The SMILES string of the molecule is CCOC(=O)C1=C(c2ccccc2)N=c2s/c(=C\c3ccc(OCc4cccc(Cl)c4)c(OC)c3)c(=O)n2[C@H]1c1ccc(F)cc1. The molecule has 0 unspecified atom stereocenters. The second kappa shape index (κ2) is 13.6. The van der Waals surface area contributed by atoms with E-state index in [4.69, 9.17) is 30.8 Å². The largest absolute Gasteiger partial charge is 0.493 e. The van der Waals surface area contributed by atoms with Gasteiger partial charge in [0, 0.05) is 10.6 Å². The summed E-state index contributed by atoms with van der Waals surface area (Å²) >= 11 is 7.30. The molecule has 10 heteroatoms. The quantitative estimate of drug-likeness (QED) is 0.174. The number of hydrogen-bond donors (Lipinski definition) is 0. The molecule has 5 aromatic rings. The summed E-state index contributed by atoms with van der Waals surface area (Å²) in [5, 5.41) is 0.622. The molecular weight excluding hydrogens is 627 g/mol. The number of hydrogen-bond acceptors (Lipinski definition) is 7. The Kier molecular flexibility index (Phi) is 9.14. The zero-order valence-corrected chi connectivity index (χ0v) is 26.5. The summed E-state index contributed by atoms with van der Waals surface area (Å²) in [6, 6.07) is 26.9. The van der Waals surface area contributed by atoms with E-state index >= 15 is 0 Å². The fourth-order valence-corrected chi connectivity index (χ4v) is 6.45. The molecule has 1 aromatic heterocycles. The highest BCUT2D eigenvalue weighted by atomic mass is 35.5. The zero-order chi connectivity index (χ0) is 32.2. The predicted octanol–water partition coefficient (Wildman–Crippen LogP) is 6.32. The van der Waals surface area contributed by atoms with Crippen molar-refractivity contribution in [1.82, 2.24) is 4.57 Å². The molecule has 7 nitrogen and oxygen atoms in total. The van der Waals surface area contributed by atoms with Crippen LogP contribution >= 0.6 is 22.9 Å². The first-order valence-corrected chi connectivity index (χ1v) is 15.6. The minimum absolute atomic E-state index is 0.131. The number of rotatable bonds is 9. The number of carbonyl (C=O) groups is 1. The number of nitrogens with zero attached hydrogens (tertiary/aromatic N) is 2. The van der Waals surface area contributed by atoms with E-state index in [1.165, 1.54) is 28.0 Å². The van der Waals surface area contributed by atoms with Crippen LogP contribution in [0.1, 0.15) is 35.2 Å². The van der Waals surface area contributed by atoms with Crippen LogP contribution in [0.15, 0.2) is 112 Å². The summed E-state index contributed by atoms with van der Waals surface area (Å²) in [6.07, 6.45) is 1.74. The molecule has 0 amide bonds. The smallest absolute Gasteiger partial charge is 0.338 e. The monoisotopic (exact) mass is 654 g/mol. The molecule has 6 rings (SSSR count). The lowest BCUT2D eigenvalue weighted by Gasteiger charge is -2.25. The topological polar surface area (TPSA) is 79.1 Å². The van der Waals surface area contributed by atoms with E-state index < -0.39 is 17.8 Å². The number of halogens is 2. The van der Waals surface area contributed by atoms with Crippen LogP contribution in [0, 0.1) is 5.82 Å². The Bertz CT molecular complexity index is 2120. The lowest BCUT2D eigenvalue weighted by Crippen LogP contribution is -2.40. The molecule has 0 N–H and O–H groups in total. The highest BCUT2D eigenvalue weighted by Crippen LogP contribution is 2.35. The van der Waals surface area contributed by atoms with E-state index in [2.05, 4.69) is 0 Å². The van der Waals surface area contributed by atoms with Crippen molar-refractivity contribution in [2.24, 2.45) is 4.99 Å². The minimum atomic E-state index is -0.898. The van der Waals surface area contributed by atoms with E-state index in [1.807, 2.05) is 54.6 Å². The Morgan fingerprint density at radius 3 is 2.50 bits per heavy atom. The first-order chi connectivity index (χ1) is 22.4. The average molecular weight is 655 g/mol. The van der Waals surface area contributed by atoms with E-state index in [1.54, 1.807) is 50.4 Å². The Balaban J connectivity index is 1.47. The van der Waals surface area contributed by atoms with Crippen molar-refractivity contribution in [2.75, 3.05) is 13.7 Å². The molecule has 1 aliphatic rings. The van der Waals surface area contributed by atoms with Crippen molar-refractivity contribution >= 4 is 40.7 Å². The van der Waals surface area contributed by atoms with Crippen LogP contribution in [-0.2, 0) is 16.1 Å². The van der Waals surface area contributed by atoms with E-state index in [-0.39, 0.29) is 17.7 Å². The number of methoxy groups -OCH3 is 1. The van der Waals surface area contributed by atoms with Crippen molar-refractivity contribution in [1.29, 1.82) is 0 Å². The maximum absolute atomic E-state index is 14.1. The van der Waals surface area contributed by atoms with Crippen LogP contribution < -0.4 is 24.4 Å². The first kappa shape index (κ1) is 31.0. The number of thiazole rings is 1. The molecule has 232 valence electrons. The summed E-state index contributed by atoms with van der Waals surface area (Å²) in [7, 11) is 1.55. The molecule has 0 saturated carbocycles. The highest BCUT2D eigenvalue weighted by molar-refractivity contribution is 7.07. The Morgan fingerprint density at radius 2 is 1.78 bits per heavy atom. The summed E-state index contributed by atoms with van der Waals surface area (Å²) in [6.45, 7) is 2.14. The molecule has 0 radical (unpaired) electrons. The van der Waals surface area contributed by atoms with Crippen molar-refractivity contribution < 1.29 is 23.4 Å². The lowest BCUT2D eigenvalue weighted by atomic mass is 9.93. The van der Waals surface area contributed by atoms with E-state index in [9.17, 15) is 14.0 Å². The second-order valence-electron chi connectivity index (χ2n) is 10.3. The van der Waals surface area contributed by atoms with E-state index in [0.29, 0.717) is 54.8 Å². The van der Waals surface area contributed by atoms with Gasteiger partial charge in [-0.15, -0.1) is 0 Å². The number of ether oxygens (including phenoxy) is 3. The standard InChI is InChI=1S/C36H28ClFN2O5S/c1-3-44-35(42)31-32(24-9-5-4-6-10-24)39-36-40(33(31)25-13-15-27(38)16-14-25)34(41)30(46-36)20-22-12-17-28(29(19-22)43-2)45-21-23-8-7-11-26(37)18-23/h4-20,33H,3,21H2,1-2H3/b30-20-/t33-/m0/s1. The van der Waals surface area contributed by atoms with Gasteiger partial charge in [-0.3, -0.25) is 9.36 Å². The zero-order valence-electron chi connectivity index (χ0n) is 24.9. The van der Waals surface area contributed by atoms with Gasteiger partial charge >= 0.3 is 5.97 Å². The van der Waals surface area contributed by atoms with Crippen molar-refractivity contribution in [3.8, 4) is 11.5 Å². The average Bonchev–Trinajstić information content (AvgIpc) is 3.38. The van der Waals surface area contributed by atoms with Gasteiger partial charge < -0.3 is 14.2 Å². The summed E-state index contributed by atoms with van der Waals surface area (Å²) in [5.41, 5.74) is 3.07. The Morgan fingerprint density at radius 1 is 1.00 bits per heavy atom. The predicted molar refractivity (Wildman–Crippen MR) is 176 cm³/mol. The number of esters is 1. The third-order valence-electron chi connectivity index (χ3n) is 7.33. The van der Waals surface area contributed by atoms with Crippen LogP contribution in [0.5, 0.6) is 11.5 Å². The van der Waals surface area contributed by atoms with Gasteiger partial charge in [-0.1, -0.05) is 83.6 Å². The van der Waals surface area contributed by atoms with Gasteiger partial charge in [0.25, 0.3) is 5.56 Å². The van der Waals surface area contributed by atoms with Gasteiger partial charge in [-0.2, -0.15) is 0 Å². The van der Waals surface area contributed by atoms with Crippen molar-refractivity contribution in [3.05, 3.63) is 155 Å². The molecule has 0 bridgehead atoms. The van der Waals surface area contributed by atoms with Gasteiger partial charge in [0.1, 0.15) is 12.4 Å². The van der Waals surface area contributed by atoms with Crippen LogP contribution in [0.2, 0.25) is 5.02 Å². The molecule has 4 aromatic carbocycles.